The summed E-state index contributed by atoms with van der Waals surface area (Å²) >= 11 is 0. The first-order valence-electron chi connectivity index (χ1n) is 29.7. The summed E-state index contributed by atoms with van der Waals surface area (Å²) in [6.45, 7) is 46.5. The molecule has 0 aliphatic rings. The monoisotopic (exact) mass is 1090 g/mol. The van der Waals surface area contributed by atoms with Crippen LogP contribution in [0.15, 0.2) is 170 Å². The minimum absolute atomic E-state index is 0.0331. The van der Waals surface area contributed by atoms with Crippen LogP contribution in [0.5, 0.6) is 0 Å². The highest BCUT2D eigenvalue weighted by Crippen LogP contribution is 2.57. The molecule has 0 spiro atoms. The Hall–Kier alpha value is -5.54. The first-order valence-corrected chi connectivity index (χ1v) is 32.0. The molecule has 0 fully saturated rings. The Morgan fingerprint density at radius 2 is 0.412 bits per heavy atom. The summed E-state index contributed by atoms with van der Waals surface area (Å²) in [5.74, 6) is 0. The molecule has 0 heterocycles. The Morgan fingerprint density at radius 3 is 0.600 bits per heavy atom. The van der Waals surface area contributed by atoms with Crippen LogP contribution >= 0.6 is 21.6 Å². The van der Waals surface area contributed by atoms with Gasteiger partial charge in [0, 0.05) is 10.5 Å². The second kappa shape index (κ2) is 23.4. The van der Waals surface area contributed by atoms with Gasteiger partial charge in [-0.05, 0) is 157 Å². The number of rotatable bonds is 13. The van der Waals surface area contributed by atoms with Crippen molar-refractivity contribution in [2.45, 2.75) is 194 Å². The fourth-order valence-electron chi connectivity index (χ4n) is 11.2. The van der Waals surface area contributed by atoms with Gasteiger partial charge in [0.1, 0.15) is 0 Å². The molecule has 8 rings (SSSR count). The van der Waals surface area contributed by atoms with Gasteiger partial charge in [0.25, 0.3) is 0 Å². The topological polar surface area (TPSA) is 0 Å². The molecule has 2 atom stereocenters. The molecule has 8 aromatic rings. The van der Waals surface area contributed by atoms with Crippen LogP contribution < -0.4 is 0 Å². The molecule has 80 heavy (non-hydrogen) atoms. The van der Waals surface area contributed by atoms with Gasteiger partial charge >= 0.3 is 0 Å². The van der Waals surface area contributed by atoms with Crippen LogP contribution in [0.2, 0.25) is 0 Å². The van der Waals surface area contributed by atoms with Crippen LogP contribution in [0.1, 0.15) is 206 Å². The van der Waals surface area contributed by atoms with E-state index in [-0.39, 0.29) is 43.0 Å². The molecular weight excluding hydrogens is 1000 g/mol. The second-order valence-corrected chi connectivity index (χ2v) is 31.5. The molecule has 0 N–H and O–H groups in total. The predicted octanol–water partition coefficient (Wildman–Crippen LogP) is 24.5. The molecule has 0 radical (unpaired) electrons. The molecule has 8 aromatic carbocycles. The van der Waals surface area contributed by atoms with Gasteiger partial charge in [-0.15, -0.1) is 0 Å². The summed E-state index contributed by atoms with van der Waals surface area (Å²) in [4.78, 5) is 0. The van der Waals surface area contributed by atoms with E-state index in [0.29, 0.717) is 0 Å². The predicted molar refractivity (Wildman–Crippen MR) is 359 cm³/mol. The maximum Gasteiger partial charge on any atom is 0.0411 e. The van der Waals surface area contributed by atoms with Crippen molar-refractivity contribution >= 4 is 21.6 Å². The highest BCUT2D eigenvalue weighted by atomic mass is 33.1. The Labute approximate surface area is 493 Å². The van der Waals surface area contributed by atoms with Crippen LogP contribution in [0, 0.1) is 0 Å². The van der Waals surface area contributed by atoms with Crippen molar-refractivity contribution in [2.75, 3.05) is 0 Å². The lowest BCUT2D eigenvalue weighted by atomic mass is 9.80. The molecular formula is C78H94S2. The van der Waals surface area contributed by atoms with Gasteiger partial charge in [-0.2, -0.15) is 0 Å². The highest BCUT2D eigenvalue weighted by molar-refractivity contribution is 8.76. The van der Waals surface area contributed by atoms with Crippen molar-refractivity contribution in [2.24, 2.45) is 0 Å². The number of benzene rings is 8. The van der Waals surface area contributed by atoms with Crippen molar-refractivity contribution in [3.63, 3.8) is 0 Å². The lowest BCUT2D eigenvalue weighted by Crippen LogP contribution is -2.11. The lowest BCUT2D eigenvalue weighted by molar-refractivity contribution is 0.590. The fraction of sp³-hybridized carbons (Fsp3) is 0.385. The Balaban J connectivity index is 1.38. The van der Waals surface area contributed by atoms with E-state index in [4.69, 9.17) is 0 Å². The average Bonchev–Trinajstić information content (AvgIpc) is 3.61. The minimum Gasteiger partial charge on any atom is -0.0852 e. The van der Waals surface area contributed by atoms with Gasteiger partial charge in [-0.1, -0.05) is 330 Å². The summed E-state index contributed by atoms with van der Waals surface area (Å²) in [5, 5.41) is 0.296. The van der Waals surface area contributed by atoms with E-state index in [1.807, 2.05) is 0 Å². The van der Waals surface area contributed by atoms with Gasteiger partial charge in [0.05, 0.1) is 0 Å². The summed E-state index contributed by atoms with van der Waals surface area (Å²) in [5.41, 5.74) is 26.5. The van der Waals surface area contributed by atoms with E-state index in [2.05, 4.69) is 330 Å². The summed E-state index contributed by atoms with van der Waals surface area (Å²) in [6, 6.07) is 66.7. The molecule has 0 nitrogen and oxygen atoms in total. The van der Waals surface area contributed by atoms with Crippen LogP contribution in [0.25, 0.3) is 66.8 Å². The molecule has 0 aliphatic carbocycles. The third-order valence-electron chi connectivity index (χ3n) is 16.5. The first-order chi connectivity index (χ1) is 37.4. The van der Waals surface area contributed by atoms with Gasteiger partial charge in [-0.3, -0.25) is 0 Å². The van der Waals surface area contributed by atoms with Gasteiger partial charge < -0.3 is 0 Å². The maximum atomic E-state index is 2.44. The smallest absolute Gasteiger partial charge is 0.0411 e. The summed E-state index contributed by atoms with van der Waals surface area (Å²) in [7, 11) is 4.17. The largest absolute Gasteiger partial charge is 0.0852 e. The van der Waals surface area contributed by atoms with Crippen LogP contribution in [-0.4, -0.2) is 0 Å². The van der Waals surface area contributed by atoms with Crippen molar-refractivity contribution in [1.82, 2.24) is 0 Å². The molecule has 0 bridgehead atoms. The normalized spacial score (nSPS) is 13.6. The molecule has 418 valence electrons. The van der Waals surface area contributed by atoms with E-state index in [9.17, 15) is 0 Å². The molecule has 0 aliphatic heterocycles. The van der Waals surface area contributed by atoms with Crippen molar-refractivity contribution < 1.29 is 0 Å². The third kappa shape index (κ3) is 13.5. The van der Waals surface area contributed by atoms with Crippen LogP contribution in [-0.2, 0) is 32.5 Å². The average molecular weight is 1100 g/mol. The highest BCUT2D eigenvalue weighted by Gasteiger charge is 2.30. The zero-order chi connectivity index (χ0) is 58.3. The zero-order valence-electron chi connectivity index (χ0n) is 52.6. The van der Waals surface area contributed by atoms with E-state index >= 15 is 0 Å². The quantitative estimate of drug-likeness (QED) is 0.106. The summed E-state index contributed by atoms with van der Waals surface area (Å²) in [6.07, 6.45) is 1.92. The Bertz CT molecular complexity index is 3130. The van der Waals surface area contributed by atoms with Crippen molar-refractivity contribution in [1.29, 1.82) is 0 Å². The van der Waals surface area contributed by atoms with E-state index < -0.39 is 0 Å². The molecule has 2 heteroatoms. The number of hydrogen-bond acceptors (Lipinski definition) is 2. The Morgan fingerprint density at radius 1 is 0.237 bits per heavy atom. The van der Waals surface area contributed by atoms with E-state index in [1.165, 1.54) is 111 Å². The van der Waals surface area contributed by atoms with Gasteiger partial charge in [0.2, 0.25) is 0 Å². The van der Waals surface area contributed by atoms with E-state index in [1.54, 1.807) is 0 Å². The molecule has 0 saturated carbocycles. The van der Waals surface area contributed by atoms with Crippen LogP contribution in [0.3, 0.4) is 0 Å². The lowest BCUT2D eigenvalue weighted by Gasteiger charge is -2.29. The van der Waals surface area contributed by atoms with Crippen LogP contribution in [0.4, 0.5) is 0 Å². The maximum absolute atomic E-state index is 2.44. The standard InChI is InChI=1S/C78H94S2/c1-21-67(71-65(53-27-39-59(40-28-53)75(9,10)11)49-47-63(51-23-35-57(36-24-51)73(3,4)5)69(71)55-31-43-61(44-32-55)77(15,16)17)79-80-68(22-2)72-66(54-29-41-60(42-30-54)76(12,13)14)50-48-64(52-25-37-58(38-26-52)74(6,7)8)70(72)56-33-45-62(46-34-56)78(18,19)20/h23-50,67-68H,21-22H2,1-20H3/t67-,68-/m1/s1. The number of hydrogen-bond donors (Lipinski definition) is 0. The SMILES string of the molecule is CC[C@@H](SS[C@H](CC)c1c(-c2ccc(C(C)(C)C)cc2)ccc(-c2ccc(C(C)(C)C)cc2)c1-c1ccc(C(C)(C)C)cc1)c1c(-c2ccc(C(C)(C)C)cc2)ccc(-c2ccc(C(C)(C)C)cc2)c1-c1ccc(C(C)(C)C)cc1. The Kier molecular flexibility index (Phi) is 17.7. The summed E-state index contributed by atoms with van der Waals surface area (Å²) < 4.78 is 0. The minimum atomic E-state index is 0.0331. The molecule has 0 unspecified atom stereocenters. The fourth-order valence-corrected chi connectivity index (χ4v) is 14.6. The second-order valence-electron chi connectivity index (χ2n) is 28.8. The van der Waals surface area contributed by atoms with Gasteiger partial charge in [-0.25, -0.2) is 0 Å². The van der Waals surface area contributed by atoms with Gasteiger partial charge in [0.15, 0.2) is 0 Å². The zero-order valence-corrected chi connectivity index (χ0v) is 54.2. The molecule has 0 aromatic heterocycles. The molecule has 0 saturated heterocycles. The van der Waals surface area contributed by atoms with Crippen molar-refractivity contribution in [3.8, 4) is 66.8 Å². The molecule has 0 amide bonds. The third-order valence-corrected chi connectivity index (χ3v) is 19.9. The van der Waals surface area contributed by atoms with Crippen molar-refractivity contribution in [3.05, 3.63) is 214 Å². The first kappa shape index (κ1) is 60.6. The van der Waals surface area contributed by atoms with E-state index in [0.717, 1.165) is 12.8 Å².